The van der Waals surface area contributed by atoms with Gasteiger partial charge in [0.15, 0.2) is 0 Å². The standard InChI is InChI=1S/C23H29.C21H26.C5H5.Zr/c1-14-9-16-11-17-10-15(2)21(23(6,7)8)13-19(17)18(16)12-20(14)22(3,4)5;1-20(2,3)18-11-7-16(8-12-18)15-17-9-13-19(14-10-17)21(4,5)6;1-2-4-5-3-1;/h9,12-13H,11H2,1-8H3;7-14H,1-6H3;1-3H,4H2;. The summed E-state index contributed by atoms with van der Waals surface area (Å²) in [5.74, 6) is 0. The number of benzene rings is 4. The first-order valence-corrected chi connectivity index (χ1v) is 22.5. The molecule has 0 spiro atoms. The topological polar surface area (TPSA) is 0 Å². The molecule has 0 radical (unpaired) electrons. The zero-order valence-corrected chi connectivity index (χ0v) is 36.0. The second kappa shape index (κ2) is 13.0. The molecule has 0 saturated carbocycles. The normalized spacial score (nSPS) is 14.5. The molecule has 0 atom stereocenters. The minimum atomic E-state index is -2.86. The minimum absolute atomic E-state index is 0.0353. The molecule has 4 aromatic rings. The Kier molecular flexibility index (Phi) is 9.56. The van der Waals surface area contributed by atoms with E-state index in [1.807, 2.05) is 0 Å². The molecule has 0 heterocycles. The molecule has 0 N–H and O–H groups in total. The Balaban J connectivity index is 1.75. The van der Waals surface area contributed by atoms with Gasteiger partial charge in [0.05, 0.1) is 0 Å². The summed E-state index contributed by atoms with van der Waals surface area (Å²) in [7, 11) is 0. The first-order valence-electron chi connectivity index (χ1n) is 18.8. The van der Waals surface area contributed by atoms with Crippen molar-refractivity contribution >= 4 is 6.48 Å². The van der Waals surface area contributed by atoms with E-state index < -0.39 is 21.3 Å². The Morgan fingerprint density at radius 3 is 1.52 bits per heavy atom. The number of rotatable bonds is 4. The summed E-state index contributed by atoms with van der Waals surface area (Å²) < 4.78 is 5.01. The van der Waals surface area contributed by atoms with E-state index in [1.54, 1.807) is 15.3 Å². The predicted octanol–water partition coefficient (Wildman–Crippen LogP) is 12.4. The Hall–Kier alpha value is -2.89. The van der Waals surface area contributed by atoms with Crippen molar-refractivity contribution in [1.29, 1.82) is 0 Å². The van der Waals surface area contributed by atoms with E-state index in [0.717, 1.165) is 12.8 Å². The van der Waals surface area contributed by atoms with E-state index in [2.05, 4.69) is 182 Å². The van der Waals surface area contributed by atoms with Crippen LogP contribution in [0.4, 0.5) is 0 Å². The molecule has 0 fully saturated rings. The van der Waals surface area contributed by atoms with Crippen molar-refractivity contribution < 1.29 is 21.3 Å². The van der Waals surface area contributed by atoms with Crippen LogP contribution in [0.5, 0.6) is 0 Å². The number of hydrogen-bond donors (Lipinski definition) is 0. The van der Waals surface area contributed by atoms with Crippen LogP contribution in [0.3, 0.4) is 0 Å². The molecule has 0 aromatic heterocycles. The summed E-state index contributed by atoms with van der Waals surface area (Å²) in [5.41, 5.74) is 17.9. The van der Waals surface area contributed by atoms with Crippen LogP contribution in [0.15, 0.2) is 88.2 Å². The van der Waals surface area contributed by atoms with Crippen LogP contribution in [0.2, 0.25) is 0 Å². The fourth-order valence-electron chi connectivity index (χ4n) is 8.35. The molecule has 1 heteroatoms. The van der Waals surface area contributed by atoms with Gasteiger partial charge in [0.25, 0.3) is 0 Å². The van der Waals surface area contributed by atoms with E-state index in [-0.39, 0.29) is 21.7 Å². The molecule has 2 aliphatic carbocycles. The maximum absolute atomic E-state index is 2.86. The van der Waals surface area contributed by atoms with Gasteiger partial charge in [0.2, 0.25) is 0 Å². The van der Waals surface area contributed by atoms with Crippen LogP contribution in [0.1, 0.15) is 145 Å². The molecule has 0 aliphatic heterocycles. The van der Waals surface area contributed by atoms with Gasteiger partial charge in [-0.1, -0.05) is 0 Å². The third kappa shape index (κ3) is 6.98. The Morgan fingerprint density at radius 2 is 1.08 bits per heavy atom. The summed E-state index contributed by atoms with van der Waals surface area (Å²) in [6.07, 6.45) is 9.32. The molecule has 6 rings (SSSR count). The van der Waals surface area contributed by atoms with Crippen LogP contribution in [0.25, 0.3) is 11.1 Å². The zero-order chi connectivity index (χ0) is 36.6. The van der Waals surface area contributed by atoms with Crippen LogP contribution in [-0.2, 0) is 49.3 Å². The van der Waals surface area contributed by atoms with Crippen molar-refractivity contribution in [3.05, 3.63) is 144 Å². The summed E-state index contributed by atoms with van der Waals surface area (Å²) in [4.78, 5) is 0. The molecule has 0 unspecified atom stereocenters. The summed E-state index contributed by atoms with van der Waals surface area (Å²) in [6.45, 7) is 33.1. The third-order valence-corrected chi connectivity index (χ3v) is 19.1. The van der Waals surface area contributed by atoms with E-state index >= 15 is 0 Å². The maximum atomic E-state index is 2.60. The van der Waals surface area contributed by atoms with E-state index in [0.29, 0.717) is 0 Å². The molecule has 0 saturated heterocycles. The van der Waals surface area contributed by atoms with E-state index in [1.165, 1.54) is 61.2 Å². The molecule has 4 aromatic carbocycles. The van der Waals surface area contributed by atoms with Gasteiger partial charge < -0.3 is 0 Å². The average Bonchev–Trinajstić information content (AvgIpc) is 3.66. The first-order chi connectivity index (χ1) is 23.2. The van der Waals surface area contributed by atoms with Crippen LogP contribution in [0, 0.1) is 13.8 Å². The van der Waals surface area contributed by atoms with Crippen LogP contribution < -0.4 is 3.27 Å². The molecular formula is C49H60Zr. The number of allylic oxidation sites excluding steroid dienone is 4. The van der Waals surface area contributed by atoms with Crippen molar-refractivity contribution in [3.8, 4) is 11.1 Å². The fraction of sp³-hybridized carbons (Fsp3) is 0.408. The van der Waals surface area contributed by atoms with Gasteiger partial charge in [0, 0.05) is 0 Å². The monoisotopic (exact) mass is 738 g/mol. The van der Waals surface area contributed by atoms with Gasteiger partial charge in [0.1, 0.15) is 0 Å². The molecule has 50 heavy (non-hydrogen) atoms. The van der Waals surface area contributed by atoms with E-state index in [9.17, 15) is 0 Å². The molecule has 2 aliphatic rings. The second-order valence-corrected chi connectivity index (χ2v) is 25.1. The van der Waals surface area contributed by atoms with Crippen molar-refractivity contribution in [2.45, 2.75) is 131 Å². The molecule has 0 amide bonds. The van der Waals surface area contributed by atoms with Crippen molar-refractivity contribution in [1.82, 2.24) is 0 Å². The van der Waals surface area contributed by atoms with Gasteiger partial charge in [-0.15, -0.1) is 0 Å². The summed E-state index contributed by atoms with van der Waals surface area (Å²) >= 11 is -2.86. The van der Waals surface area contributed by atoms with Gasteiger partial charge in [-0.05, 0) is 0 Å². The Labute approximate surface area is 312 Å². The summed E-state index contributed by atoms with van der Waals surface area (Å²) in [5, 5.41) is 0. The Morgan fingerprint density at radius 1 is 0.580 bits per heavy atom. The SMILES string of the molecule is Cc1cc2c(cc1C(C)(C)C)-c1cc(C(C)(C)C)c(C)[c]([Zr]([C]3=CC=CC3)=[C](c3ccc(C(C)(C)C)cc3)c3ccc(C(C)(C)C)cc3)c1C2. The molecular weight excluding hydrogens is 680 g/mol. The predicted molar refractivity (Wildman–Crippen MR) is 217 cm³/mol. The van der Waals surface area contributed by atoms with Crippen LogP contribution in [-0.4, -0.2) is 3.21 Å². The number of fused-ring (bicyclic) bond motifs is 3. The molecule has 0 nitrogen and oxygen atoms in total. The van der Waals surface area contributed by atoms with Gasteiger partial charge in [-0.3, -0.25) is 0 Å². The van der Waals surface area contributed by atoms with Gasteiger partial charge in [-0.25, -0.2) is 0 Å². The number of hydrogen-bond acceptors (Lipinski definition) is 0. The Bertz CT molecular complexity index is 1990. The fourth-order valence-corrected chi connectivity index (χ4v) is 16.8. The molecule has 0 bridgehead atoms. The summed E-state index contributed by atoms with van der Waals surface area (Å²) in [6, 6.07) is 27.1. The molecule has 260 valence electrons. The van der Waals surface area contributed by atoms with Gasteiger partial charge in [-0.2, -0.15) is 0 Å². The van der Waals surface area contributed by atoms with Crippen molar-refractivity contribution in [2.75, 3.05) is 0 Å². The second-order valence-electron chi connectivity index (χ2n) is 19.2. The van der Waals surface area contributed by atoms with E-state index in [4.69, 9.17) is 0 Å². The number of aryl methyl sites for hydroxylation is 1. The third-order valence-electron chi connectivity index (χ3n) is 11.1. The first kappa shape index (κ1) is 36.9. The van der Waals surface area contributed by atoms with Crippen LogP contribution >= 0.6 is 0 Å². The zero-order valence-electron chi connectivity index (χ0n) is 33.5. The van der Waals surface area contributed by atoms with Crippen molar-refractivity contribution in [3.63, 3.8) is 0 Å². The quantitative estimate of drug-likeness (QED) is 0.172. The average molecular weight is 740 g/mol. The van der Waals surface area contributed by atoms with Gasteiger partial charge >= 0.3 is 314 Å². The van der Waals surface area contributed by atoms with Crippen molar-refractivity contribution in [2.24, 2.45) is 0 Å².